The van der Waals surface area contributed by atoms with Gasteiger partial charge in [0.05, 0.1) is 11.7 Å². The molecule has 2 fully saturated rings. The first kappa shape index (κ1) is 15.3. The number of likely N-dealkylation sites (tertiary alicyclic amines) is 2. The average Bonchev–Trinajstić information content (AvgIpc) is 3.05. The number of hydrogen-bond acceptors (Lipinski definition) is 4. The Kier molecular flexibility index (Phi) is 3.42. The molecule has 0 N–H and O–H groups in total. The first-order chi connectivity index (χ1) is 10.2. The average molecular weight is 317 g/mol. The summed E-state index contributed by atoms with van der Waals surface area (Å²) in [6, 6.07) is -0.139. The van der Waals surface area contributed by atoms with Gasteiger partial charge in [-0.2, -0.15) is 17.9 Å². The van der Waals surface area contributed by atoms with Gasteiger partial charge in [0.1, 0.15) is 0 Å². The van der Waals surface area contributed by atoms with Crippen molar-refractivity contribution in [3.63, 3.8) is 0 Å². The van der Waals surface area contributed by atoms with Gasteiger partial charge in [-0.3, -0.25) is 4.90 Å². The number of amides is 1. The molecule has 2 saturated heterocycles. The summed E-state index contributed by atoms with van der Waals surface area (Å²) in [7, 11) is 0. The predicted molar refractivity (Wildman–Crippen MR) is 71.2 cm³/mol. The third-order valence-electron chi connectivity index (χ3n) is 4.68. The molecule has 3 rings (SSSR count). The first-order valence-electron chi connectivity index (χ1n) is 7.28. The van der Waals surface area contributed by atoms with Gasteiger partial charge in [0.25, 0.3) is 0 Å². The van der Waals surface area contributed by atoms with Gasteiger partial charge in [-0.1, -0.05) is 5.21 Å². The Bertz CT molecular complexity index is 584. The third kappa shape index (κ3) is 2.37. The fourth-order valence-corrected chi connectivity index (χ4v) is 3.20. The first-order valence-corrected chi connectivity index (χ1v) is 7.28. The summed E-state index contributed by atoms with van der Waals surface area (Å²) in [6.07, 6.45) is -2.21. The zero-order chi connectivity index (χ0) is 16.1. The molecule has 1 spiro atoms. The fourth-order valence-electron chi connectivity index (χ4n) is 3.20. The Morgan fingerprint density at radius 3 is 2.45 bits per heavy atom. The number of nitrogens with zero attached hydrogens (tertiary/aromatic N) is 5. The lowest BCUT2D eigenvalue weighted by molar-refractivity contribution is -0.141. The standard InChI is InChI=1S/C13H18F3N5O/c1-9(2)19-5-3-12(8-19)4-6-20(12)11(22)21-7-10(17-18-21)13(14,15)16/h7,9H,3-6,8H2,1-2H3. The highest BCUT2D eigenvalue weighted by atomic mass is 19.4. The summed E-state index contributed by atoms with van der Waals surface area (Å²) in [6.45, 7) is 6.39. The molecule has 1 unspecified atom stereocenters. The molecule has 22 heavy (non-hydrogen) atoms. The fraction of sp³-hybridized carbons (Fsp3) is 0.769. The monoisotopic (exact) mass is 317 g/mol. The van der Waals surface area contributed by atoms with Crippen LogP contribution in [0.2, 0.25) is 0 Å². The van der Waals surface area contributed by atoms with Gasteiger partial charge in [0.2, 0.25) is 0 Å². The number of hydrogen-bond donors (Lipinski definition) is 0. The van der Waals surface area contributed by atoms with Crippen molar-refractivity contribution in [1.82, 2.24) is 24.8 Å². The van der Waals surface area contributed by atoms with Crippen LogP contribution >= 0.6 is 0 Å². The van der Waals surface area contributed by atoms with Crippen LogP contribution in [0.1, 0.15) is 32.4 Å². The quantitative estimate of drug-likeness (QED) is 0.793. The van der Waals surface area contributed by atoms with E-state index in [9.17, 15) is 18.0 Å². The van der Waals surface area contributed by atoms with Crippen LogP contribution in [0, 0.1) is 0 Å². The predicted octanol–water partition coefficient (Wildman–Crippen LogP) is 1.82. The Morgan fingerprint density at radius 2 is 2.00 bits per heavy atom. The maximum Gasteiger partial charge on any atom is 0.436 e. The van der Waals surface area contributed by atoms with Crippen molar-refractivity contribution in [2.75, 3.05) is 19.6 Å². The maximum atomic E-state index is 12.5. The van der Waals surface area contributed by atoms with E-state index in [0.717, 1.165) is 25.9 Å². The van der Waals surface area contributed by atoms with Gasteiger partial charge in [-0.15, -0.1) is 5.10 Å². The summed E-state index contributed by atoms with van der Waals surface area (Å²) in [5.74, 6) is 0. The molecule has 0 aliphatic carbocycles. The van der Waals surface area contributed by atoms with Gasteiger partial charge >= 0.3 is 12.2 Å². The number of carbonyl (C=O) groups is 1. The van der Waals surface area contributed by atoms with Crippen LogP contribution in [0.5, 0.6) is 0 Å². The molecule has 0 radical (unpaired) electrons. The molecule has 1 amide bonds. The zero-order valence-electron chi connectivity index (χ0n) is 12.5. The lowest BCUT2D eigenvalue weighted by Gasteiger charge is -2.50. The Balaban J connectivity index is 1.75. The third-order valence-corrected chi connectivity index (χ3v) is 4.68. The molecule has 1 aromatic rings. The summed E-state index contributed by atoms with van der Waals surface area (Å²) in [5, 5.41) is 6.37. The number of rotatable bonds is 1. The number of carbonyl (C=O) groups excluding carboxylic acids is 1. The van der Waals surface area contributed by atoms with Crippen LogP contribution in [0.4, 0.5) is 18.0 Å². The van der Waals surface area contributed by atoms with Crippen LogP contribution in [0.25, 0.3) is 0 Å². The van der Waals surface area contributed by atoms with Crippen molar-refractivity contribution in [3.8, 4) is 0 Å². The van der Waals surface area contributed by atoms with Gasteiger partial charge in [-0.05, 0) is 26.7 Å². The summed E-state index contributed by atoms with van der Waals surface area (Å²) >= 11 is 0. The molecule has 3 heterocycles. The molecular formula is C13H18F3N5O. The normalized spacial score (nSPS) is 26.0. The summed E-state index contributed by atoms with van der Waals surface area (Å²) in [5.41, 5.74) is -1.41. The highest BCUT2D eigenvalue weighted by Crippen LogP contribution is 2.40. The van der Waals surface area contributed by atoms with E-state index in [0.29, 0.717) is 23.5 Å². The molecule has 0 saturated carbocycles. The maximum absolute atomic E-state index is 12.5. The van der Waals surface area contributed by atoms with Crippen LogP contribution in [0.15, 0.2) is 6.20 Å². The van der Waals surface area contributed by atoms with Crippen LogP contribution < -0.4 is 0 Å². The molecule has 2 aliphatic rings. The highest BCUT2D eigenvalue weighted by Gasteiger charge is 2.52. The van der Waals surface area contributed by atoms with Gasteiger partial charge in [0.15, 0.2) is 5.69 Å². The Hall–Kier alpha value is -1.64. The molecular weight excluding hydrogens is 299 g/mol. The lowest BCUT2D eigenvalue weighted by Crippen LogP contribution is -2.64. The van der Waals surface area contributed by atoms with E-state index in [-0.39, 0.29) is 5.54 Å². The molecule has 0 aromatic carbocycles. The van der Waals surface area contributed by atoms with Crippen molar-refractivity contribution >= 4 is 6.03 Å². The van der Waals surface area contributed by atoms with Crippen molar-refractivity contribution in [3.05, 3.63) is 11.9 Å². The zero-order valence-corrected chi connectivity index (χ0v) is 12.5. The molecule has 1 atom stereocenters. The Labute approximate surface area is 125 Å². The van der Waals surface area contributed by atoms with E-state index in [1.54, 1.807) is 4.90 Å². The molecule has 2 aliphatic heterocycles. The Morgan fingerprint density at radius 1 is 1.32 bits per heavy atom. The molecule has 1 aromatic heterocycles. The van der Waals surface area contributed by atoms with E-state index >= 15 is 0 Å². The minimum absolute atomic E-state index is 0.258. The van der Waals surface area contributed by atoms with E-state index in [2.05, 4.69) is 29.1 Å². The molecule has 0 bridgehead atoms. The summed E-state index contributed by atoms with van der Waals surface area (Å²) in [4.78, 5) is 16.3. The number of alkyl halides is 3. The minimum atomic E-state index is -4.59. The van der Waals surface area contributed by atoms with Crippen LogP contribution in [-0.2, 0) is 6.18 Å². The largest absolute Gasteiger partial charge is 0.436 e. The van der Waals surface area contributed by atoms with E-state index in [1.165, 1.54) is 0 Å². The summed E-state index contributed by atoms with van der Waals surface area (Å²) < 4.78 is 38.3. The number of aromatic nitrogens is 3. The SMILES string of the molecule is CC(C)N1CCC2(CCN2C(=O)n2cc(C(F)(F)F)nn2)C1. The van der Waals surface area contributed by atoms with Crippen molar-refractivity contribution in [1.29, 1.82) is 0 Å². The second-order valence-corrected chi connectivity index (χ2v) is 6.27. The topological polar surface area (TPSA) is 54.3 Å². The van der Waals surface area contributed by atoms with Crippen molar-refractivity contribution in [2.45, 2.75) is 44.4 Å². The smallest absolute Gasteiger partial charge is 0.316 e. The minimum Gasteiger partial charge on any atom is -0.316 e. The van der Waals surface area contributed by atoms with Crippen LogP contribution in [-0.4, -0.2) is 62.0 Å². The van der Waals surface area contributed by atoms with E-state index in [1.807, 2.05) is 0 Å². The second-order valence-electron chi connectivity index (χ2n) is 6.27. The second kappa shape index (κ2) is 4.94. The molecule has 9 heteroatoms. The van der Waals surface area contributed by atoms with Crippen molar-refractivity contribution < 1.29 is 18.0 Å². The lowest BCUT2D eigenvalue weighted by atomic mass is 9.84. The van der Waals surface area contributed by atoms with Gasteiger partial charge in [0, 0.05) is 25.7 Å². The van der Waals surface area contributed by atoms with Gasteiger partial charge in [-0.25, -0.2) is 4.79 Å². The van der Waals surface area contributed by atoms with Crippen LogP contribution in [0.3, 0.4) is 0 Å². The molecule has 122 valence electrons. The van der Waals surface area contributed by atoms with E-state index in [4.69, 9.17) is 0 Å². The van der Waals surface area contributed by atoms with E-state index < -0.39 is 17.9 Å². The highest BCUT2D eigenvalue weighted by molar-refractivity contribution is 5.78. The number of halogens is 3. The van der Waals surface area contributed by atoms with Gasteiger partial charge < -0.3 is 4.90 Å². The van der Waals surface area contributed by atoms with Crippen molar-refractivity contribution in [2.24, 2.45) is 0 Å². The molecule has 6 nitrogen and oxygen atoms in total.